The molecule has 0 saturated carbocycles. The van der Waals surface area contributed by atoms with Gasteiger partial charge in [-0.1, -0.05) is 30.3 Å². The van der Waals surface area contributed by atoms with Crippen LogP contribution < -0.4 is 11.1 Å². The van der Waals surface area contributed by atoms with E-state index in [9.17, 15) is 4.79 Å². The molecular weight excluding hydrogens is 294 g/mol. The van der Waals surface area contributed by atoms with Crippen LogP contribution in [-0.4, -0.2) is 40.2 Å². The summed E-state index contributed by atoms with van der Waals surface area (Å²) in [7, 11) is 0. The number of aryl methyl sites for hydroxylation is 1. The van der Waals surface area contributed by atoms with Gasteiger partial charge in [-0.25, -0.2) is 0 Å². The quantitative estimate of drug-likeness (QED) is 0.867. The Hall–Kier alpha value is -2.41. The summed E-state index contributed by atoms with van der Waals surface area (Å²) in [5, 5.41) is 10.8. The minimum absolute atomic E-state index is 0.0797. The maximum Gasteiger partial charge on any atom is 0.275 e. The summed E-state index contributed by atoms with van der Waals surface area (Å²) >= 11 is 0. The van der Waals surface area contributed by atoms with Gasteiger partial charge >= 0.3 is 0 Å². The summed E-state index contributed by atoms with van der Waals surface area (Å²) < 4.78 is 7.00. The normalized spacial score (nSPS) is 17.3. The Bertz CT molecular complexity index is 692. The van der Waals surface area contributed by atoms with E-state index < -0.39 is 0 Å². The van der Waals surface area contributed by atoms with Crippen molar-refractivity contribution < 1.29 is 9.53 Å². The zero-order chi connectivity index (χ0) is 16.2. The number of carbonyl (C=O) groups excluding carboxylic acids is 1. The molecule has 1 amide bonds. The van der Waals surface area contributed by atoms with E-state index in [-0.39, 0.29) is 23.5 Å². The summed E-state index contributed by atoms with van der Waals surface area (Å²) in [6.45, 7) is 3.28. The van der Waals surface area contributed by atoms with Gasteiger partial charge in [0.05, 0.1) is 11.8 Å². The van der Waals surface area contributed by atoms with Crippen molar-refractivity contribution in [2.24, 2.45) is 0 Å². The number of hydrogen-bond donors (Lipinski definition) is 2. The maximum absolute atomic E-state index is 12.3. The van der Waals surface area contributed by atoms with Crippen molar-refractivity contribution in [3.05, 3.63) is 35.5 Å². The lowest BCUT2D eigenvalue weighted by Gasteiger charge is -2.10. The molecule has 2 heterocycles. The molecule has 0 radical (unpaired) electrons. The third-order valence-corrected chi connectivity index (χ3v) is 4.04. The van der Waals surface area contributed by atoms with Crippen LogP contribution in [0.1, 0.15) is 35.8 Å². The van der Waals surface area contributed by atoms with Crippen LogP contribution in [0.25, 0.3) is 5.69 Å². The number of nitrogens with two attached hydrogens (primary N) is 1. The Labute approximate surface area is 134 Å². The first-order valence-electron chi connectivity index (χ1n) is 7.90. The van der Waals surface area contributed by atoms with Crippen molar-refractivity contribution in [1.29, 1.82) is 0 Å². The molecule has 1 aliphatic rings. The van der Waals surface area contributed by atoms with Crippen LogP contribution in [0.5, 0.6) is 0 Å². The highest BCUT2D eigenvalue weighted by atomic mass is 16.5. The van der Waals surface area contributed by atoms with Crippen molar-refractivity contribution in [2.45, 2.75) is 32.3 Å². The molecule has 122 valence electrons. The number of carbonyl (C=O) groups is 1. The van der Waals surface area contributed by atoms with E-state index in [2.05, 4.69) is 22.6 Å². The number of rotatable bonds is 5. The van der Waals surface area contributed by atoms with E-state index in [0.29, 0.717) is 6.54 Å². The number of aromatic nitrogens is 3. The first-order chi connectivity index (χ1) is 11.2. The van der Waals surface area contributed by atoms with Gasteiger partial charge in [0, 0.05) is 13.2 Å². The number of nitrogens with zero attached hydrogens (tertiary/aromatic N) is 3. The zero-order valence-corrected chi connectivity index (χ0v) is 13.2. The molecule has 0 spiro atoms. The van der Waals surface area contributed by atoms with Crippen molar-refractivity contribution >= 4 is 11.7 Å². The summed E-state index contributed by atoms with van der Waals surface area (Å²) in [5.74, 6) is -0.0750. The van der Waals surface area contributed by atoms with E-state index in [1.165, 1.54) is 4.68 Å². The average molecular weight is 315 g/mol. The highest BCUT2D eigenvalue weighted by Gasteiger charge is 2.21. The predicted octanol–water partition coefficient (Wildman–Crippen LogP) is 1.32. The summed E-state index contributed by atoms with van der Waals surface area (Å²) in [5.41, 5.74) is 8.18. The second-order valence-corrected chi connectivity index (χ2v) is 5.56. The Morgan fingerprint density at radius 3 is 3.04 bits per heavy atom. The van der Waals surface area contributed by atoms with Crippen LogP contribution in [0.4, 0.5) is 5.82 Å². The molecule has 3 N–H and O–H groups in total. The van der Waals surface area contributed by atoms with Gasteiger partial charge in [-0.3, -0.25) is 4.79 Å². The van der Waals surface area contributed by atoms with Gasteiger partial charge < -0.3 is 15.8 Å². The Balaban J connectivity index is 1.77. The van der Waals surface area contributed by atoms with Gasteiger partial charge in [-0.15, -0.1) is 5.10 Å². The Morgan fingerprint density at radius 2 is 2.30 bits per heavy atom. The molecule has 7 nitrogen and oxygen atoms in total. The van der Waals surface area contributed by atoms with E-state index in [4.69, 9.17) is 10.5 Å². The zero-order valence-electron chi connectivity index (χ0n) is 13.2. The molecule has 1 saturated heterocycles. The summed E-state index contributed by atoms with van der Waals surface area (Å²) in [6.07, 6.45) is 2.92. The van der Waals surface area contributed by atoms with Crippen LogP contribution in [0.2, 0.25) is 0 Å². The number of benzene rings is 1. The molecule has 1 aromatic heterocycles. The molecule has 2 aromatic rings. The van der Waals surface area contributed by atoms with Crippen LogP contribution >= 0.6 is 0 Å². The molecule has 0 aliphatic carbocycles. The number of hydrogen-bond acceptors (Lipinski definition) is 5. The monoisotopic (exact) mass is 315 g/mol. The number of para-hydroxylation sites is 1. The molecular formula is C16H21N5O2. The molecule has 7 heteroatoms. The van der Waals surface area contributed by atoms with Crippen molar-refractivity contribution in [3.63, 3.8) is 0 Å². The molecule has 0 bridgehead atoms. The van der Waals surface area contributed by atoms with Crippen LogP contribution in [-0.2, 0) is 11.2 Å². The lowest BCUT2D eigenvalue weighted by Crippen LogP contribution is -2.32. The van der Waals surface area contributed by atoms with Crippen LogP contribution in [0, 0.1) is 0 Å². The predicted molar refractivity (Wildman–Crippen MR) is 86.5 cm³/mol. The van der Waals surface area contributed by atoms with Crippen LogP contribution in [0.15, 0.2) is 24.3 Å². The lowest BCUT2D eigenvalue weighted by atomic mass is 10.1. The fourth-order valence-corrected chi connectivity index (χ4v) is 2.74. The van der Waals surface area contributed by atoms with Crippen molar-refractivity contribution in [1.82, 2.24) is 20.3 Å². The minimum Gasteiger partial charge on any atom is -0.382 e. The topological polar surface area (TPSA) is 95.1 Å². The number of amides is 1. The molecule has 0 unspecified atom stereocenters. The fraction of sp³-hybridized carbons (Fsp3) is 0.438. The Morgan fingerprint density at radius 1 is 1.48 bits per heavy atom. The van der Waals surface area contributed by atoms with Crippen molar-refractivity contribution in [3.8, 4) is 5.69 Å². The van der Waals surface area contributed by atoms with E-state index >= 15 is 0 Å². The van der Waals surface area contributed by atoms with E-state index in [1.54, 1.807) is 0 Å². The first-order valence-corrected chi connectivity index (χ1v) is 7.90. The molecule has 3 rings (SSSR count). The van der Waals surface area contributed by atoms with Gasteiger partial charge in [0.25, 0.3) is 5.91 Å². The third kappa shape index (κ3) is 3.19. The maximum atomic E-state index is 12.3. The van der Waals surface area contributed by atoms with Gasteiger partial charge in [-0.2, -0.15) is 4.68 Å². The SMILES string of the molecule is CCc1ccccc1-n1nnc(C(=O)NC[C@H]2CCCO2)c1N. The summed E-state index contributed by atoms with van der Waals surface area (Å²) in [4.78, 5) is 12.3. The van der Waals surface area contributed by atoms with Gasteiger partial charge in [0.2, 0.25) is 0 Å². The largest absolute Gasteiger partial charge is 0.382 e. The number of ether oxygens (including phenoxy) is 1. The molecule has 23 heavy (non-hydrogen) atoms. The lowest BCUT2D eigenvalue weighted by molar-refractivity contribution is 0.0854. The minimum atomic E-state index is -0.321. The average Bonchev–Trinajstić information content (AvgIpc) is 3.22. The second-order valence-electron chi connectivity index (χ2n) is 5.56. The van der Waals surface area contributed by atoms with E-state index in [1.807, 2.05) is 24.3 Å². The standard InChI is InChI=1S/C16H21N5O2/c1-2-11-6-3-4-8-13(11)21-15(17)14(19-20-21)16(22)18-10-12-7-5-9-23-12/h3-4,6,8,12H,2,5,7,9-10,17H2,1H3,(H,18,22)/t12-/m1/s1. The number of nitrogens with one attached hydrogen (secondary N) is 1. The van der Waals surface area contributed by atoms with Crippen molar-refractivity contribution in [2.75, 3.05) is 18.9 Å². The van der Waals surface area contributed by atoms with Crippen LogP contribution in [0.3, 0.4) is 0 Å². The molecule has 1 fully saturated rings. The highest BCUT2D eigenvalue weighted by Crippen LogP contribution is 2.19. The highest BCUT2D eigenvalue weighted by molar-refractivity contribution is 5.96. The number of anilines is 1. The van der Waals surface area contributed by atoms with Gasteiger partial charge in [0.15, 0.2) is 11.5 Å². The van der Waals surface area contributed by atoms with E-state index in [0.717, 1.165) is 37.1 Å². The smallest absolute Gasteiger partial charge is 0.275 e. The second kappa shape index (κ2) is 6.78. The van der Waals surface area contributed by atoms with Gasteiger partial charge in [-0.05, 0) is 30.9 Å². The molecule has 1 aromatic carbocycles. The molecule has 1 atom stereocenters. The number of nitrogen functional groups attached to an aromatic ring is 1. The third-order valence-electron chi connectivity index (χ3n) is 4.04. The fourth-order valence-electron chi connectivity index (χ4n) is 2.74. The first kappa shape index (κ1) is 15.5. The van der Waals surface area contributed by atoms with Gasteiger partial charge in [0.1, 0.15) is 0 Å². The Kier molecular flexibility index (Phi) is 4.57. The molecule has 1 aliphatic heterocycles. The summed E-state index contributed by atoms with van der Waals surface area (Å²) in [6, 6.07) is 7.79.